The van der Waals surface area contributed by atoms with E-state index in [2.05, 4.69) is 19.9 Å². The standard InChI is InChI=1S/C20H23NO3/c1-14(2)17-11-7-10-16-12-18(23-19(16)17)24-20(22)21(3)13-15-8-5-4-6-9-15/h4-11,14,18H,12-13H2,1-3H3. The van der Waals surface area contributed by atoms with Crippen LogP contribution in [-0.4, -0.2) is 24.3 Å². The van der Waals surface area contributed by atoms with Gasteiger partial charge in [-0.1, -0.05) is 62.4 Å². The van der Waals surface area contributed by atoms with Crippen LogP contribution in [0.15, 0.2) is 48.5 Å². The molecule has 1 aliphatic heterocycles. The molecular weight excluding hydrogens is 302 g/mol. The molecule has 3 rings (SSSR count). The number of hydrogen-bond donors (Lipinski definition) is 0. The van der Waals surface area contributed by atoms with Gasteiger partial charge in [-0.3, -0.25) is 0 Å². The number of para-hydroxylation sites is 1. The Morgan fingerprint density at radius 3 is 2.67 bits per heavy atom. The fourth-order valence-corrected chi connectivity index (χ4v) is 2.91. The van der Waals surface area contributed by atoms with Gasteiger partial charge >= 0.3 is 6.09 Å². The molecule has 24 heavy (non-hydrogen) atoms. The number of ether oxygens (including phenoxy) is 2. The molecule has 1 aliphatic rings. The smallest absolute Gasteiger partial charge is 0.412 e. The molecule has 1 atom stereocenters. The summed E-state index contributed by atoms with van der Waals surface area (Å²) in [5.74, 6) is 1.24. The Kier molecular flexibility index (Phi) is 4.74. The lowest BCUT2D eigenvalue weighted by atomic mass is 9.99. The van der Waals surface area contributed by atoms with Gasteiger partial charge in [0, 0.05) is 19.2 Å². The van der Waals surface area contributed by atoms with Gasteiger partial charge in [-0.15, -0.1) is 0 Å². The van der Waals surface area contributed by atoms with Gasteiger partial charge in [-0.2, -0.15) is 0 Å². The van der Waals surface area contributed by atoms with Crippen molar-refractivity contribution < 1.29 is 14.3 Å². The van der Waals surface area contributed by atoms with Gasteiger partial charge in [0.25, 0.3) is 0 Å². The van der Waals surface area contributed by atoms with Crippen LogP contribution in [0, 0.1) is 0 Å². The second-order valence-corrected chi connectivity index (χ2v) is 6.47. The molecular formula is C20H23NO3. The van der Waals surface area contributed by atoms with E-state index >= 15 is 0 Å². The number of carbonyl (C=O) groups is 1. The second kappa shape index (κ2) is 6.95. The van der Waals surface area contributed by atoms with Gasteiger partial charge in [-0.25, -0.2) is 4.79 Å². The zero-order chi connectivity index (χ0) is 17.1. The maximum Gasteiger partial charge on any atom is 0.412 e. The number of fused-ring (bicyclic) bond motifs is 1. The lowest BCUT2D eigenvalue weighted by Crippen LogP contribution is -2.32. The number of carbonyl (C=O) groups excluding carboxylic acids is 1. The monoisotopic (exact) mass is 325 g/mol. The lowest BCUT2D eigenvalue weighted by molar-refractivity contribution is -0.0308. The molecule has 0 fully saturated rings. The van der Waals surface area contributed by atoms with E-state index < -0.39 is 6.29 Å². The largest absolute Gasteiger partial charge is 0.454 e. The topological polar surface area (TPSA) is 38.8 Å². The summed E-state index contributed by atoms with van der Waals surface area (Å²) < 4.78 is 11.4. The molecule has 126 valence electrons. The number of rotatable bonds is 4. The number of nitrogens with zero attached hydrogens (tertiary/aromatic N) is 1. The Morgan fingerprint density at radius 2 is 1.96 bits per heavy atom. The molecule has 2 aromatic carbocycles. The summed E-state index contributed by atoms with van der Waals surface area (Å²) in [6.45, 7) is 4.77. The minimum absolute atomic E-state index is 0.371. The molecule has 1 unspecified atom stereocenters. The summed E-state index contributed by atoms with van der Waals surface area (Å²) >= 11 is 0. The summed E-state index contributed by atoms with van der Waals surface area (Å²) in [5.41, 5.74) is 3.32. The SMILES string of the molecule is CC(C)c1cccc2c1OC(OC(=O)N(C)Cc1ccccc1)C2. The highest BCUT2D eigenvalue weighted by molar-refractivity contribution is 5.67. The molecule has 0 aromatic heterocycles. The quantitative estimate of drug-likeness (QED) is 0.839. The van der Waals surface area contributed by atoms with Gasteiger partial charge in [0.15, 0.2) is 0 Å². The molecule has 0 aliphatic carbocycles. The van der Waals surface area contributed by atoms with Crippen molar-refractivity contribution in [2.24, 2.45) is 0 Å². The van der Waals surface area contributed by atoms with Crippen LogP contribution >= 0.6 is 0 Å². The summed E-state index contributed by atoms with van der Waals surface area (Å²) in [7, 11) is 1.73. The highest BCUT2D eigenvalue weighted by atomic mass is 16.7. The first-order valence-electron chi connectivity index (χ1n) is 8.28. The molecule has 0 bridgehead atoms. The average molecular weight is 325 g/mol. The predicted molar refractivity (Wildman–Crippen MR) is 93.0 cm³/mol. The maximum atomic E-state index is 12.3. The molecule has 4 heteroatoms. The molecule has 0 N–H and O–H groups in total. The van der Waals surface area contributed by atoms with Crippen LogP contribution in [0.1, 0.15) is 36.5 Å². The van der Waals surface area contributed by atoms with Crippen LogP contribution in [0.2, 0.25) is 0 Å². The molecule has 2 aromatic rings. The van der Waals surface area contributed by atoms with Gasteiger partial charge < -0.3 is 14.4 Å². The van der Waals surface area contributed by atoms with E-state index in [4.69, 9.17) is 9.47 Å². The molecule has 0 radical (unpaired) electrons. The summed E-state index contributed by atoms with van der Waals surface area (Å²) in [5, 5.41) is 0. The second-order valence-electron chi connectivity index (χ2n) is 6.47. The zero-order valence-corrected chi connectivity index (χ0v) is 14.4. The average Bonchev–Trinajstić information content (AvgIpc) is 2.97. The summed E-state index contributed by atoms with van der Waals surface area (Å²) in [4.78, 5) is 13.9. The Hall–Kier alpha value is -2.49. The van der Waals surface area contributed by atoms with E-state index in [1.807, 2.05) is 42.5 Å². The van der Waals surface area contributed by atoms with E-state index in [0.29, 0.717) is 18.9 Å². The molecule has 1 heterocycles. The molecule has 0 spiro atoms. The normalized spacial score (nSPS) is 15.8. The fraction of sp³-hybridized carbons (Fsp3) is 0.350. The highest BCUT2D eigenvalue weighted by Crippen LogP contribution is 2.36. The molecule has 0 saturated carbocycles. The Labute approximate surface area is 143 Å². The van der Waals surface area contributed by atoms with Crippen LogP contribution < -0.4 is 4.74 Å². The van der Waals surface area contributed by atoms with Crippen molar-refractivity contribution in [1.29, 1.82) is 0 Å². The van der Waals surface area contributed by atoms with Crippen molar-refractivity contribution in [1.82, 2.24) is 4.90 Å². The van der Waals surface area contributed by atoms with Crippen molar-refractivity contribution >= 4 is 6.09 Å². The van der Waals surface area contributed by atoms with E-state index in [0.717, 1.165) is 22.4 Å². The summed E-state index contributed by atoms with van der Waals surface area (Å²) in [6, 6.07) is 16.0. The lowest BCUT2D eigenvalue weighted by Gasteiger charge is -2.20. The minimum atomic E-state index is -0.550. The maximum absolute atomic E-state index is 12.3. The van der Waals surface area contributed by atoms with Gasteiger partial charge in [-0.05, 0) is 17.0 Å². The van der Waals surface area contributed by atoms with E-state index in [1.54, 1.807) is 11.9 Å². The van der Waals surface area contributed by atoms with Crippen LogP contribution in [0.4, 0.5) is 4.79 Å². The Morgan fingerprint density at radius 1 is 1.21 bits per heavy atom. The van der Waals surface area contributed by atoms with Crippen molar-refractivity contribution in [2.75, 3.05) is 7.05 Å². The predicted octanol–water partition coefficient (Wildman–Crippen LogP) is 4.34. The third-order valence-electron chi connectivity index (χ3n) is 4.19. The van der Waals surface area contributed by atoms with Crippen molar-refractivity contribution in [3.8, 4) is 5.75 Å². The first kappa shape index (κ1) is 16.4. The first-order valence-corrected chi connectivity index (χ1v) is 8.28. The van der Waals surface area contributed by atoms with Crippen molar-refractivity contribution in [2.45, 2.75) is 39.0 Å². The first-order chi connectivity index (χ1) is 11.5. The van der Waals surface area contributed by atoms with Crippen LogP contribution in [0.5, 0.6) is 5.75 Å². The highest BCUT2D eigenvalue weighted by Gasteiger charge is 2.29. The summed E-state index contributed by atoms with van der Waals surface area (Å²) in [6.07, 6.45) is -0.325. The van der Waals surface area contributed by atoms with Gasteiger partial charge in [0.2, 0.25) is 6.29 Å². The van der Waals surface area contributed by atoms with Crippen LogP contribution in [0.25, 0.3) is 0 Å². The van der Waals surface area contributed by atoms with Gasteiger partial charge in [0.05, 0.1) is 6.42 Å². The molecule has 0 saturated heterocycles. The van der Waals surface area contributed by atoms with E-state index in [9.17, 15) is 4.79 Å². The third kappa shape index (κ3) is 3.53. The Bertz CT molecular complexity index is 712. The van der Waals surface area contributed by atoms with E-state index in [1.165, 1.54) is 0 Å². The van der Waals surface area contributed by atoms with Crippen LogP contribution in [0.3, 0.4) is 0 Å². The number of amides is 1. The third-order valence-corrected chi connectivity index (χ3v) is 4.19. The van der Waals surface area contributed by atoms with E-state index in [-0.39, 0.29) is 6.09 Å². The Balaban J connectivity index is 1.61. The van der Waals surface area contributed by atoms with Gasteiger partial charge in [0.1, 0.15) is 5.75 Å². The van der Waals surface area contributed by atoms with Crippen molar-refractivity contribution in [3.05, 3.63) is 65.2 Å². The number of hydrogen-bond acceptors (Lipinski definition) is 3. The zero-order valence-electron chi connectivity index (χ0n) is 14.4. The van der Waals surface area contributed by atoms with Crippen molar-refractivity contribution in [3.63, 3.8) is 0 Å². The fourth-order valence-electron chi connectivity index (χ4n) is 2.91. The molecule has 4 nitrogen and oxygen atoms in total. The number of benzene rings is 2. The molecule has 1 amide bonds. The van der Waals surface area contributed by atoms with Crippen LogP contribution in [-0.2, 0) is 17.7 Å². The minimum Gasteiger partial charge on any atom is -0.454 e.